The van der Waals surface area contributed by atoms with Gasteiger partial charge in [0.2, 0.25) is 5.28 Å². The van der Waals surface area contributed by atoms with Gasteiger partial charge in [-0.1, -0.05) is 4.85 Å². The average molecular weight is 120 g/mol. The minimum Gasteiger partial charge on any atom is -0.410 e. The lowest BCUT2D eigenvalue weighted by molar-refractivity contribution is 0.148. The van der Waals surface area contributed by atoms with Gasteiger partial charge in [0.15, 0.2) is 6.33 Å². The Morgan fingerprint density at radius 2 is 2.57 bits per heavy atom. The Morgan fingerprint density at radius 3 is 2.71 bits per heavy atom. The summed E-state index contributed by atoms with van der Waals surface area (Å²) in [4.78, 5) is 3.93. The SMILES string of the molecule is On1cnc(Cl)n1. The quantitative estimate of drug-likeness (QED) is 0.496. The molecule has 5 heteroatoms. The fraction of sp³-hybridized carbons (Fsp3) is 0. The van der Waals surface area contributed by atoms with Gasteiger partial charge in [0.1, 0.15) is 0 Å². The minimum absolute atomic E-state index is 0.0440. The predicted molar refractivity (Wildman–Crippen MR) is 22.2 cm³/mol. The summed E-state index contributed by atoms with van der Waals surface area (Å²) in [6, 6.07) is 0. The topological polar surface area (TPSA) is 50.9 Å². The highest BCUT2D eigenvalue weighted by Gasteiger charge is 1.88. The van der Waals surface area contributed by atoms with Crippen LogP contribution in [0, 0.1) is 0 Å². The van der Waals surface area contributed by atoms with Crippen molar-refractivity contribution >= 4 is 11.6 Å². The molecule has 0 radical (unpaired) electrons. The lowest BCUT2D eigenvalue weighted by atomic mass is 11.3. The van der Waals surface area contributed by atoms with E-state index in [1.807, 2.05) is 0 Å². The van der Waals surface area contributed by atoms with E-state index in [2.05, 4.69) is 10.1 Å². The first-order chi connectivity index (χ1) is 3.29. The summed E-state index contributed by atoms with van der Waals surface area (Å²) in [6.45, 7) is 0. The first-order valence-electron chi connectivity index (χ1n) is 1.55. The standard InChI is InChI=1S/C2H2ClN3O/c3-2-4-1-6(7)5-2/h1,7H. The number of hydrogen-bond acceptors (Lipinski definition) is 3. The van der Waals surface area contributed by atoms with E-state index in [0.29, 0.717) is 4.85 Å². The van der Waals surface area contributed by atoms with Crippen molar-refractivity contribution in [2.45, 2.75) is 0 Å². The molecule has 0 amide bonds. The van der Waals surface area contributed by atoms with Gasteiger partial charge >= 0.3 is 0 Å². The molecule has 1 aromatic rings. The van der Waals surface area contributed by atoms with Gasteiger partial charge in [0.05, 0.1) is 0 Å². The van der Waals surface area contributed by atoms with Crippen LogP contribution in [-0.4, -0.2) is 20.1 Å². The molecule has 4 nitrogen and oxygen atoms in total. The van der Waals surface area contributed by atoms with Gasteiger partial charge in [0.25, 0.3) is 0 Å². The highest BCUT2D eigenvalue weighted by molar-refractivity contribution is 6.28. The maximum absolute atomic E-state index is 8.31. The Bertz CT molecular complexity index is 145. The zero-order valence-corrected chi connectivity index (χ0v) is 4.00. The van der Waals surface area contributed by atoms with Crippen molar-refractivity contribution in [2.75, 3.05) is 0 Å². The Hall–Kier alpha value is -0.770. The Labute approximate surface area is 44.3 Å². The molecule has 0 aliphatic rings. The first-order valence-corrected chi connectivity index (χ1v) is 1.93. The molecule has 38 valence electrons. The van der Waals surface area contributed by atoms with Crippen LogP contribution >= 0.6 is 11.6 Å². The molecule has 0 saturated carbocycles. The smallest absolute Gasteiger partial charge is 0.245 e. The molecule has 1 rings (SSSR count). The number of hydrogen-bond donors (Lipinski definition) is 1. The molecule has 0 spiro atoms. The number of aromatic nitrogens is 3. The first kappa shape index (κ1) is 4.39. The molecule has 0 bridgehead atoms. The predicted octanol–water partition coefficient (Wildman–Crippen LogP) is 0.169. The second-order valence-corrected chi connectivity index (χ2v) is 1.27. The van der Waals surface area contributed by atoms with Crippen molar-refractivity contribution in [3.05, 3.63) is 11.6 Å². The second kappa shape index (κ2) is 1.38. The third kappa shape index (κ3) is 0.806. The molecule has 0 fully saturated rings. The lowest BCUT2D eigenvalue weighted by Crippen LogP contribution is -1.87. The van der Waals surface area contributed by atoms with Crippen molar-refractivity contribution in [3.8, 4) is 0 Å². The fourth-order valence-electron chi connectivity index (χ4n) is 0.235. The zero-order valence-electron chi connectivity index (χ0n) is 3.24. The summed E-state index contributed by atoms with van der Waals surface area (Å²) in [6.07, 6.45) is 1.10. The third-order valence-corrected chi connectivity index (χ3v) is 0.626. The van der Waals surface area contributed by atoms with Crippen LogP contribution in [0.25, 0.3) is 0 Å². The third-order valence-electron chi connectivity index (χ3n) is 0.453. The van der Waals surface area contributed by atoms with Crippen molar-refractivity contribution in [2.24, 2.45) is 0 Å². The molecular weight excluding hydrogens is 117 g/mol. The second-order valence-electron chi connectivity index (χ2n) is 0.934. The molecule has 0 aliphatic heterocycles. The molecule has 0 aromatic carbocycles. The van der Waals surface area contributed by atoms with Crippen molar-refractivity contribution < 1.29 is 5.21 Å². The van der Waals surface area contributed by atoms with Crippen molar-refractivity contribution in [1.82, 2.24) is 14.9 Å². The van der Waals surface area contributed by atoms with Crippen LogP contribution in [0.15, 0.2) is 6.33 Å². The molecule has 1 aromatic heterocycles. The van der Waals surface area contributed by atoms with E-state index in [1.165, 1.54) is 0 Å². The molecule has 0 saturated heterocycles. The Morgan fingerprint density at radius 1 is 1.86 bits per heavy atom. The summed E-state index contributed by atoms with van der Waals surface area (Å²) in [7, 11) is 0. The summed E-state index contributed by atoms with van der Waals surface area (Å²) in [5.41, 5.74) is 0. The zero-order chi connectivity index (χ0) is 5.28. The van der Waals surface area contributed by atoms with E-state index >= 15 is 0 Å². The molecule has 1 N–H and O–H groups in total. The normalized spacial score (nSPS) is 9.29. The van der Waals surface area contributed by atoms with Gasteiger partial charge in [-0.15, -0.1) is 5.10 Å². The van der Waals surface area contributed by atoms with E-state index in [1.54, 1.807) is 0 Å². The van der Waals surface area contributed by atoms with Gasteiger partial charge in [-0.25, -0.2) is 4.98 Å². The summed E-state index contributed by atoms with van der Waals surface area (Å²) in [5.74, 6) is 0. The molecule has 0 aliphatic carbocycles. The maximum Gasteiger partial charge on any atom is 0.245 e. The van der Waals surface area contributed by atoms with Crippen LogP contribution in [-0.2, 0) is 0 Å². The van der Waals surface area contributed by atoms with E-state index in [0.717, 1.165) is 6.33 Å². The monoisotopic (exact) mass is 119 g/mol. The summed E-state index contributed by atoms with van der Waals surface area (Å²) >= 11 is 5.16. The van der Waals surface area contributed by atoms with Crippen LogP contribution in [0.2, 0.25) is 5.28 Å². The Kier molecular flexibility index (Phi) is 0.867. The highest BCUT2D eigenvalue weighted by Crippen LogP contribution is 1.92. The van der Waals surface area contributed by atoms with Gasteiger partial charge in [0, 0.05) is 0 Å². The fourth-order valence-corrected chi connectivity index (χ4v) is 0.357. The van der Waals surface area contributed by atoms with Crippen LogP contribution in [0.4, 0.5) is 0 Å². The van der Waals surface area contributed by atoms with Gasteiger partial charge in [-0.3, -0.25) is 0 Å². The maximum atomic E-state index is 8.31. The van der Waals surface area contributed by atoms with E-state index < -0.39 is 0 Å². The van der Waals surface area contributed by atoms with Crippen LogP contribution in [0.5, 0.6) is 0 Å². The van der Waals surface area contributed by atoms with Crippen LogP contribution in [0.3, 0.4) is 0 Å². The van der Waals surface area contributed by atoms with Crippen molar-refractivity contribution in [3.63, 3.8) is 0 Å². The van der Waals surface area contributed by atoms with Gasteiger partial charge in [-0.05, 0) is 11.6 Å². The molecule has 0 unspecified atom stereocenters. The van der Waals surface area contributed by atoms with Crippen LogP contribution in [0.1, 0.15) is 0 Å². The Balaban J connectivity index is 3.04. The lowest BCUT2D eigenvalue weighted by Gasteiger charge is -1.75. The molecule has 7 heavy (non-hydrogen) atoms. The van der Waals surface area contributed by atoms with Crippen molar-refractivity contribution in [1.29, 1.82) is 0 Å². The summed E-state index contributed by atoms with van der Waals surface area (Å²) in [5, 5.41) is 11.6. The molecular formula is C2H2ClN3O. The number of nitrogens with zero attached hydrogens (tertiary/aromatic N) is 3. The largest absolute Gasteiger partial charge is 0.410 e. The van der Waals surface area contributed by atoms with E-state index in [9.17, 15) is 0 Å². The molecule has 0 atom stereocenters. The van der Waals surface area contributed by atoms with Crippen LogP contribution < -0.4 is 0 Å². The number of rotatable bonds is 0. The van der Waals surface area contributed by atoms with E-state index in [4.69, 9.17) is 16.8 Å². The number of halogens is 1. The summed E-state index contributed by atoms with van der Waals surface area (Å²) < 4.78 is 0. The van der Waals surface area contributed by atoms with Gasteiger partial charge < -0.3 is 5.21 Å². The minimum atomic E-state index is 0.0440. The molecule has 1 heterocycles. The average Bonchev–Trinajstić information content (AvgIpc) is 1.87. The van der Waals surface area contributed by atoms with Gasteiger partial charge in [-0.2, -0.15) is 0 Å². The van der Waals surface area contributed by atoms with E-state index in [-0.39, 0.29) is 5.28 Å². The highest BCUT2D eigenvalue weighted by atomic mass is 35.5.